The second-order valence-electron chi connectivity index (χ2n) is 6.15. The van der Waals surface area contributed by atoms with Crippen LogP contribution in [0.25, 0.3) is 0 Å². The molecule has 2 aromatic carbocycles. The third-order valence-corrected chi connectivity index (χ3v) is 3.79. The van der Waals surface area contributed by atoms with Gasteiger partial charge in [0.15, 0.2) is 0 Å². The number of carbonyl (C=O) groups is 1. The van der Waals surface area contributed by atoms with Crippen molar-refractivity contribution in [3.8, 4) is 11.5 Å². The van der Waals surface area contributed by atoms with E-state index < -0.39 is 0 Å². The Morgan fingerprint density at radius 3 is 2.50 bits per heavy atom. The standard InChI is InChI=1S/C22H26N2O2/c1-4-5-9-21(17(3)23)22(25)24-15-18-10-12-19(13-11-18)26-20-8-6-7-16(2)14-20/h5-14H,4,15,23H2,1-3H3,(H,24,25)/b9-5-,21-17-. The number of hydrogen-bond acceptors (Lipinski definition) is 3. The van der Waals surface area contributed by atoms with E-state index in [4.69, 9.17) is 10.5 Å². The van der Waals surface area contributed by atoms with Crippen LogP contribution in [-0.2, 0) is 11.3 Å². The maximum absolute atomic E-state index is 12.3. The molecule has 0 radical (unpaired) electrons. The van der Waals surface area contributed by atoms with Gasteiger partial charge in [-0.1, -0.05) is 43.3 Å². The lowest BCUT2D eigenvalue weighted by Crippen LogP contribution is -2.25. The Kier molecular flexibility index (Phi) is 7.03. The normalized spacial score (nSPS) is 12.0. The Morgan fingerprint density at radius 1 is 1.15 bits per heavy atom. The molecular formula is C22H26N2O2. The van der Waals surface area contributed by atoms with E-state index in [1.54, 1.807) is 13.0 Å². The van der Waals surface area contributed by atoms with Crippen molar-refractivity contribution in [2.45, 2.75) is 33.7 Å². The van der Waals surface area contributed by atoms with Crippen molar-refractivity contribution in [2.24, 2.45) is 5.73 Å². The number of nitrogens with two attached hydrogens (primary N) is 1. The van der Waals surface area contributed by atoms with E-state index in [1.165, 1.54) is 0 Å². The number of aryl methyl sites for hydroxylation is 1. The molecule has 2 aromatic rings. The maximum atomic E-state index is 12.3. The summed E-state index contributed by atoms with van der Waals surface area (Å²) in [6, 6.07) is 15.6. The molecule has 2 rings (SSSR count). The fourth-order valence-electron chi connectivity index (χ4n) is 2.39. The van der Waals surface area contributed by atoms with Gasteiger partial charge in [0, 0.05) is 12.2 Å². The van der Waals surface area contributed by atoms with Crippen LogP contribution < -0.4 is 15.8 Å². The first-order valence-corrected chi connectivity index (χ1v) is 8.74. The molecule has 0 aliphatic heterocycles. The van der Waals surface area contributed by atoms with Crippen molar-refractivity contribution < 1.29 is 9.53 Å². The van der Waals surface area contributed by atoms with Gasteiger partial charge in [0.2, 0.25) is 0 Å². The van der Waals surface area contributed by atoms with Crippen LogP contribution in [0, 0.1) is 6.92 Å². The summed E-state index contributed by atoms with van der Waals surface area (Å²) in [7, 11) is 0. The van der Waals surface area contributed by atoms with Crippen LogP contribution in [0.4, 0.5) is 0 Å². The van der Waals surface area contributed by atoms with Crippen molar-refractivity contribution in [2.75, 3.05) is 0 Å². The summed E-state index contributed by atoms with van der Waals surface area (Å²) in [5, 5.41) is 2.90. The lowest BCUT2D eigenvalue weighted by Gasteiger charge is -2.09. The van der Waals surface area contributed by atoms with E-state index in [2.05, 4.69) is 5.32 Å². The fourth-order valence-corrected chi connectivity index (χ4v) is 2.39. The topological polar surface area (TPSA) is 64.3 Å². The van der Waals surface area contributed by atoms with Gasteiger partial charge >= 0.3 is 0 Å². The van der Waals surface area contributed by atoms with Gasteiger partial charge in [-0.3, -0.25) is 4.79 Å². The second-order valence-corrected chi connectivity index (χ2v) is 6.15. The quantitative estimate of drug-likeness (QED) is 0.566. The SMILES string of the molecule is CC/C=C\C(C(=O)NCc1ccc(Oc2cccc(C)c2)cc1)=C(/C)N. The number of amides is 1. The van der Waals surface area contributed by atoms with Crippen LogP contribution in [0.15, 0.2) is 72.0 Å². The fraction of sp³-hybridized carbons (Fsp3) is 0.227. The number of ether oxygens (including phenoxy) is 1. The van der Waals surface area contributed by atoms with Crippen LogP contribution in [0.1, 0.15) is 31.4 Å². The van der Waals surface area contributed by atoms with E-state index >= 15 is 0 Å². The highest BCUT2D eigenvalue weighted by molar-refractivity contribution is 5.96. The van der Waals surface area contributed by atoms with E-state index in [0.717, 1.165) is 29.0 Å². The maximum Gasteiger partial charge on any atom is 0.253 e. The van der Waals surface area contributed by atoms with Crippen molar-refractivity contribution in [3.05, 3.63) is 83.1 Å². The first-order chi connectivity index (χ1) is 12.5. The minimum Gasteiger partial charge on any atom is -0.457 e. The molecule has 26 heavy (non-hydrogen) atoms. The van der Waals surface area contributed by atoms with E-state index in [9.17, 15) is 4.79 Å². The predicted molar refractivity (Wildman–Crippen MR) is 106 cm³/mol. The summed E-state index contributed by atoms with van der Waals surface area (Å²) < 4.78 is 5.83. The summed E-state index contributed by atoms with van der Waals surface area (Å²) in [6.07, 6.45) is 4.54. The Balaban J connectivity index is 1.95. The Morgan fingerprint density at radius 2 is 1.88 bits per heavy atom. The van der Waals surface area contributed by atoms with Gasteiger partial charge in [0.1, 0.15) is 11.5 Å². The summed E-state index contributed by atoms with van der Waals surface area (Å²) in [5.74, 6) is 1.40. The molecule has 0 aromatic heterocycles. The molecule has 0 spiro atoms. The highest BCUT2D eigenvalue weighted by atomic mass is 16.5. The molecule has 4 nitrogen and oxygen atoms in total. The minimum absolute atomic E-state index is 0.171. The molecule has 3 N–H and O–H groups in total. The monoisotopic (exact) mass is 350 g/mol. The average Bonchev–Trinajstić information content (AvgIpc) is 2.61. The molecule has 0 aliphatic rings. The largest absolute Gasteiger partial charge is 0.457 e. The van der Waals surface area contributed by atoms with E-state index in [-0.39, 0.29) is 5.91 Å². The van der Waals surface area contributed by atoms with Gasteiger partial charge in [-0.05, 0) is 55.7 Å². The Hall–Kier alpha value is -3.01. The third kappa shape index (κ3) is 5.81. The first kappa shape index (κ1) is 19.3. The summed E-state index contributed by atoms with van der Waals surface area (Å²) >= 11 is 0. The summed E-state index contributed by atoms with van der Waals surface area (Å²) in [6.45, 7) is 6.20. The molecule has 136 valence electrons. The van der Waals surface area contributed by atoms with Gasteiger partial charge in [-0.2, -0.15) is 0 Å². The Labute approximate surface area is 155 Å². The molecule has 0 saturated heterocycles. The van der Waals surface area contributed by atoms with Crippen molar-refractivity contribution in [1.29, 1.82) is 0 Å². The molecule has 0 aliphatic carbocycles. The second kappa shape index (κ2) is 9.47. The van der Waals surface area contributed by atoms with Gasteiger partial charge in [0.05, 0.1) is 5.57 Å². The van der Waals surface area contributed by atoms with Crippen molar-refractivity contribution >= 4 is 5.91 Å². The van der Waals surface area contributed by atoms with Crippen LogP contribution in [0.2, 0.25) is 0 Å². The molecule has 0 bridgehead atoms. The van der Waals surface area contributed by atoms with E-state index in [1.807, 2.05) is 68.5 Å². The molecule has 4 heteroatoms. The lowest BCUT2D eigenvalue weighted by molar-refractivity contribution is -0.117. The van der Waals surface area contributed by atoms with Gasteiger partial charge < -0.3 is 15.8 Å². The van der Waals surface area contributed by atoms with Gasteiger partial charge in [-0.15, -0.1) is 0 Å². The molecule has 1 amide bonds. The number of benzene rings is 2. The van der Waals surface area contributed by atoms with Gasteiger partial charge in [0.25, 0.3) is 5.91 Å². The molecule has 0 unspecified atom stereocenters. The number of allylic oxidation sites excluding steroid dienone is 2. The average molecular weight is 350 g/mol. The molecule has 0 atom stereocenters. The number of rotatable bonds is 7. The minimum atomic E-state index is -0.171. The van der Waals surface area contributed by atoms with Crippen LogP contribution >= 0.6 is 0 Å². The zero-order valence-corrected chi connectivity index (χ0v) is 15.6. The summed E-state index contributed by atoms with van der Waals surface area (Å²) in [4.78, 5) is 12.3. The highest BCUT2D eigenvalue weighted by Gasteiger charge is 2.08. The lowest BCUT2D eigenvalue weighted by atomic mass is 10.1. The molecule has 0 saturated carbocycles. The molecular weight excluding hydrogens is 324 g/mol. The van der Waals surface area contributed by atoms with E-state index in [0.29, 0.717) is 17.8 Å². The Bertz CT molecular complexity index is 801. The van der Waals surface area contributed by atoms with Crippen LogP contribution in [0.3, 0.4) is 0 Å². The first-order valence-electron chi connectivity index (χ1n) is 8.74. The van der Waals surface area contributed by atoms with Crippen molar-refractivity contribution in [1.82, 2.24) is 5.32 Å². The predicted octanol–water partition coefficient (Wildman–Crippen LogP) is 4.60. The highest BCUT2D eigenvalue weighted by Crippen LogP contribution is 2.22. The molecule has 0 fully saturated rings. The van der Waals surface area contributed by atoms with Crippen molar-refractivity contribution in [3.63, 3.8) is 0 Å². The zero-order chi connectivity index (χ0) is 18.9. The molecule has 0 heterocycles. The smallest absolute Gasteiger partial charge is 0.253 e. The number of nitrogens with one attached hydrogen (secondary N) is 1. The zero-order valence-electron chi connectivity index (χ0n) is 15.6. The van der Waals surface area contributed by atoms with Crippen LogP contribution in [-0.4, -0.2) is 5.91 Å². The summed E-state index contributed by atoms with van der Waals surface area (Å²) in [5.41, 5.74) is 8.96. The number of carbonyl (C=O) groups excluding carboxylic acids is 1. The van der Waals surface area contributed by atoms with Gasteiger partial charge in [-0.25, -0.2) is 0 Å². The number of hydrogen-bond donors (Lipinski definition) is 2. The third-order valence-electron chi connectivity index (χ3n) is 3.79. The van der Waals surface area contributed by atoms with Crippen LogP contribution in [0.5, 0.6) is 11.5 Å².